The largest absolute Gasteiger partial charge is 0.355 e. The molecule has 1 aliphatic heterocycles. The minimum absolute atomic E-state index is 0.271. The smallest absolute Gasteiger partial charge is 0.135 e. The minimum atomic E-state index is 0.271. The first-order valence-corrected chi connectivity index (χ1v) is 7.09. The predicted molar refractivity (Wildman–Crippen MR) is 72.6 cm³/mol. The SMILES string of the molecule is CC1CCN(c2ncnc3c2CCCC3)CC1N. The average Bonchev–Trinajstić information content (AvgIpc) is 2.41. The van der Waals surface area contributed by atoms with Crippen molar-refractivity contribution in [1.29, 1.82) is 0 Å². The van der Waals surface area contributed by atoms with Gasteiger partial charge in [0.15, 0.2) is 0 Å². The number of piperidine rings is 1. The van der Waals surface area contributed by atoms with Crippen molar-refractivity contribution < 1.29 is 0 Å². The molecule has 1 aliphatic carbocycles. The van der Waals surface area contributed by atoms with Crippen molar-refractivity contribution in [3.05, 3.63) is 17.6 Å². The zero-order valence-corrected chi connectivity index (χ0v) is 11.1. The van der Waals surface area contributed by atoms with E-state index in [0.717, 1.165) is 31.7 Å². The van der Waals surface area contributed by atoms with E-state index < -0.39 is 0 Å². The molecule has 2 N–H and O–H groups in total. The van der Waals surface area contributed by atoms with Gasteiger partial charge in [0.2, 0.25) is 0 Å². The van der Waals surface area contributed by atoms with Crippen LogP contribution in [0.1, 0.15) is 37.4 Å². The zero-order valence-electron chi connectivity index (χ0n) is 11.1. The topological polar surface area (TPSA) is 55.0 Å². The van der Waals surface area contributed by atoms with Crippen LogP contribution in [-0.4, -0.2) is 29.1 Å². The van der Waals surface area contributed by atoms with Crippen LogP contribution in [0.25, 0.3) is 0 Å². The molecular weight excluding hydrogens is 224 g/mol. The minimum Gasteiger partial charge on any atom is -0.355 e. The Morgan fingerprint density at radius 3 is 2.94 bits per heavy atom. The molecule has 1 aromatic heterocycles. The number of aromatic nitrogens is 2. The maximum atomic E-state index is 6.20. The molecule has 1 fully saturated rings. The van der Waals surface area contributed by atoms with E-state index >= 15 is 0 Å². The summed E-state index contributed by atoms with van der Waals surface area (Å²) in [6.07, 6.45) is 7.67. The van der Waals surface area contributed by atoms with Crippen molar-refractivity contribution in [2.45, 2.75) is 45.1 Å². The highest BCUT2D eigenvalue weighted by Crippen LogP contribution is 2.29. The van der Waals surface area contributed by atoms with Gasteiger partial charge in [0.1, 0.15) is 12.1 Å². The third-order valence-electron chi connectivity index (χ3n) is 4.42. The van der Waals surface area contributed by atoms with Crippen LogP contribution in [0, 0.1) is 5.92 Å². The molecule has 4 nitrogen and oxygen atoms in total. The van der Waals surface area contributed by atoms with E-state index in [1.165, 1.54) is 30.5 Å². The average molecular weight is 246 g/mol. The molecule has 1 saturated heterocycles. The van der Waals surface area contributed by atoms with Crippen molar-refractivity contribution in [3.8, 4) is 0 Å². The summed E-state index contributed by atoms with van der Waals surface area (Å²) in [5.41, 5.74) is 8.84. The van der Waals surface area contributed by atoms with Gasteiger partial charge in [-0.2, -0.15) is 0 Å². The lowest BCUT2D eigenvalue weighted by atomic mass is 9.92. The Morgan fingerprint density at radius 2 is 2.11 bits per heavy atom. The summed E-state index contributed by atoms with van der Waals surface area (Å²) in [6, 6.07) is 0.271. The predicted octanol–water partition coefficient (Wildman–Crippen LogP) is 1.53. The van der Waals surface area contributed by atoms with Gasteiger partial charge in [0.05, 0.1) is 0 Å². The number of nitrogens with two attached hydrogens (primary N) is 1. The van der Waals surface area contributed by atoms with Crippen molar-refractivity contribution in [2.24, 2.45) is 11.7 Å². The molecule has 3 rings (SSSR count). The Labute approximate surface area is 109 Å². The van der Waals surface area contributed by atoms with E-state index in [0.29, 0.717) is 5.92 Å². The number of anilines is 1. The van der Waals surface area contributed by atoms with Gasteiger partial charge in [0, 0.05) is 30.4 Å². The van der Waals surface area contributed by atoms with Crippen LogP contribution >= 0.6 is 0 Å². The number of hydrogen-bond donors (Lipinski definition) is 1. The summed E-state index contributed by atoms with van der Waals surface area (Å²) in [5.74, 6) is 1.78. The van der Waals surface area contributed by atoms with E-state index in [2.05, 4.69) is 21.8 Å². The first-order chi connectivity index (χ1) is 8.75. The lowest BCUT2D eigenvalue weighted by Gasteiger charge is -2.37. The van der Waals surface area contributed by atoms with E-state index in [9.17, 15) is 0 Å². The molecule has 0 bridgehead atoms. The second-order valence-corrected chi connectivity index (χ2v) is 5.71. The van der Waals surface area contributed by atoms with Crippen LogP contribution in [0.15, 0.2) is 6.33 Å². The second kappa shape index (κ2) is 4.84. The number of fused-ring (bicyclic) bond motifs is 1. The molecule has 98 valence electrons. The Balaban J connectivity index is 1.88. The monoisotopic (exact) mass is 246 g/mol. The summed E-state index contributed by atoms with van der Waals surface area (Å²) in [7, 11) is 0. The Hall–Kier alpha value is -1.16. The lowest BCUT2D eigenvalue weighted by molar-refractivity contribution is 0.377. The normalized spacial score (nSPS) is 28.0. The summed E-state index contributed by atoms with van der Waals surface area (Å²) >= 11 is 0. The standard InChI is InChI=1S/C14H22N4/c1-10-6-7-18(8-12(10)15)14-11-4-2-3-5-13(11)16-9-17-14/h9-10,12H,2-8,15H2,1H3. The van der Waals surface area contributed by atoms with Gasteiger partial charge in [-0.3, -0.25) is 0 Å². The molecule has 2 unspecified atom stereocenters. The van der Waals surface area contributed by atoms with Gasteiger partial charge in [0.25, 0.3) is 0 Å². The van der Waals surface area contributed by atoms with Gasteiger partial charge < -0.3 is 10.6 Å². The second-order valence-electron chi connectivity index (χ2n) is 5.71. The van der Waals surface area contributed by atoms with E-state index in [-0.39, 0.29) is 6.04 Å². The Kier molecular flexibility index (Phi) is 3.20. The summed E-state index contributed by atoms with van der Waals surface area (Å²) in [6.45, 7) is 4.26. The van der Waals surface area contributed by atoms with Crippen molar-refractivity contribution in [3.63, 3.8) is 0 Å². The maximum absolute atomic E-state index is 6.20. The van der Waals surface area contributed by atoms with Crippen molar-refractivity contribution >= 4 is 5.82 Å². The van der Waals surface area contributed by atoms with Crippen LogP contribution < -0.4 is 10.6 Å². The van der Waals surface area contributed by atoms with Crippen LogP contribution in [0.3, 0.4) is 0 Å². The van der Waals surface area contributed by atoms with Crippen LogP contribution in [0.4, 0.5) is 5.82 Å². The van der Waals surface area contributed by atoms with Crippen molar-refractivity contribution in [1.82, 2.24) is 9.97 Å². The zero-order chi connectivity index (χ0) is 12.5. The third kappa shape index (κ3) is 2.09. The molecule has 1 aromatic rings. The van der Waals surface area contributed by atoms with Gasteiger partial charge >= 0.3 is 0 Å². The van der Waals surface area contributed by atoms with Crippen LogP contribution in [-0.2, 0) is 12.8 Å². The molecule has 0 spiro atoms. The highest BCUT2D eigenvalue weighted by Gasteiger charge is 2.27. The summed E-state index contributed by atoms with van der Waals surface area (Å²) in [4.78, 5) is 11.3. The molecule has 0 aromatic carbocycles. The molecule has 4 heteroatoms. The Morgan fingerprint density at radius 1 is 1.28 bits per heavy atom. The number of aryl methyl sites for hydroxylation is 1. The highest BCUT2D eigenvalue weighted by atomic mass is 15.2. The molecule has 0 amide bonds. The Bertz CT molecular complexity index is 432. The highest BCUT2D eigenvalue weighted by molar-refractivity contribution is 5.50. The summed E-state index contributed by atoms with van der Waals surface area (Å²) in [5, 5.41) is 0. The van der Waals surface area contributed by atoms with E-state index in [1.54, 1.807) is 6.33 Å². The lowest BCUT2D eigenvalue weighted by Crippen LogP contribution is -2.48. The third-order valence-corrected chi connectivity index (χ3v) is 4.42. The fraction of sp³-hybridized carbons (Fsp3) is 0.714. The van der Waals surface area contributed by atoms with E-state index in [4.69, 9.17) is 5.73 Å². The molecule has 2 atom stereocenters. The van der Waals surface area contributed by atoms with Gasteiger partial charge in [-0.05, 0) is 38.0 Å². The van der Waals surface area contributed by atoms with Crippen LogP contribution in [0.2, 0.25) is 0 Å². The molecule has 18 heavy (non-hydrogen) atoms. The molecular formula is C14H22N4. The molecule has 2 aliphatic rings. The van der Waals surface area contributed by atoms with Gasteiger partial charge in [-0.25, -0.2) is 9.97 Å². The quantitative estimate of drug-likeness (QED) is 0.816. The fourth-order valence-corrected chi connectivity index (χ4v) is 3.07. The van der Waals surface area contributed by atoms with Crippen molar-refractivity contribution in [2.75, 3.05) is 18.0 Å². The number of rotatable bonds is 1. The van der Waals surface area contributed by atoms with Gasteiger partial charge in [-0.15, -0.1) is 0 Å². The first kappa shape index (κ1) is 11.9. The molecule has 0 saturated carbocycles. The number of hydrogen-bond acceptors (Lipinski definition) is 4. The van der Waals surface area contributed by atoms with Gasteiger partial charge in [-0.1, -0.05) is 6.92 Å². The van der Waals surface area contributed by atoms with Crippen LogP contribution in [0.5, 0.6) is 0 Å². The number of nitrogens with zero attached hydrogens (tertiary/aromatic N) is 3. The maximum Gasteiger partial charge on any atom is 0.135 e. The van der Waals surface area contributed by atoms with E-state index in [1.807, 2.05) is 0 Å². The molecule has 0 radical (unpaired) electrons. The fourth-order valence-electron chi connectivity index (χ4n) is 3.07. The molecule has 2 heterocycles. The summed E-state index contributed by atoms with van der Waals surface area (Å²) < 4.78 is 0. The first-order valence-electron chi connectivity index (χ1n) is 7.09.